The van der Waals surface area contributed by atoms with Crippen molar-refractivity contribution in [2.45, 2.75) is 110 Å². The average Bonchev–Trinajstić information content (AvgIpc) is 3.55. The summed E-state index contributed by atoms with van der Waals surface area (Å²) in [4.78, 5) is 12.5. The van der Waals surface area contributed by atoms with Crippen LogP contribution < -0.4 is 0 Å². The molecule has 0 spiro atoms. The number of hydrogen-bond acceptors (Lipinski definition) is 5. The van der Waals surface area contributed by atoms with Gasteiger partial charge in [-0.05, 0) is 105 Å². The van der Waals surface area contributed by atoms with Crippen LogP contribution in [0.25, 0.3) is 0 Å². The molecule has 0 bridgehead atoms. The Balaban J connectivity index is 1.49. The van der Waals surface area contributed by atoms with Gasteiger partial charge in [0.1, 0.15) is 0 Å². The molecule has 0 radical (unpaired) electrons. The van der Waals surface area contributed by atoms with Crippen LogP contribution in [0.15, 0.2) is 47.6 Å². The van der Waals surface area contributed by atoms with Crippen molar-refractivity contribution in [1.29, 1.82) is 0 Å². The Hall–Kier alpha value is -1.69. The first-order valence-corrected chi connectivity index (χ1v) is 14.4. The lowest BCUT2D eigenvalue weighted by molar-refractivity contribution is -0.158. The zero-order chi connectivity index (χ0) is 27.0. The fourth-order valence-electron chi connectivity index (χ4n) is 7.45. The van der Waals surface area contributed by atoms with Gasteiger partial charge in [-0.15, -0.1) is 0 Å². The maximum atomic E-state index is 12.5. The van der Waals surface area contributed by atoms with Crippen molar-refractivity contribution in [1.82, 2.24) is 0 Å². The second kappa shape index (κ2) is 10.8. The number of carbonyl (C=O) groups is 1. The van der Waals surface area contributed by atoms with Gasteiger partial charge in [-0.1, -0.05) is 50.3 Å². The third-order valence-corrected chi connectivity index (χ3v) is 10.1. The molecule has 6 atom stereocenters. The summed E-state index contributed by atoms with van der Waals surface area (Å²) in [5.74, 6) is 0.750. The highest BCUT2D eigenvalue weighted by Crippen LogP contribution is 2.69. The van der Waals surface area contributed by atoms with E-state index in [4.69, 9.17) is 4.74 Å². The number of hydrogen-bond donors (Lipinski definition) is 3. The van der Waals surface area contributed by atoms with E-state index in [1.165, 1.54) is 31.3 Å². The molecule has 4 rings (SSSR count). The van der Waals surface area contributed by atoms with Crippen molar-refractivity contribution in [2.24, 2.45) is 28.1 Å². The van der Waals surface area contributed by atoms with Crippen LogP contribution in [-0.4, -0.2) is 46.2 Å². The van der Waals surface area contributed by atoms with Gasteiger partial charge in [-0.3, -0.25) is 4.79 Å². The molecular formula is C32H48O5. The molecule has 4 fully saturated rings. The van der Waals surface area contributed by atoms with E-state index < -0.39 is 23.7 Å². The third-order valence-electron chi connectivity index (χ3n) is 10.1. The molecule has 0 aromatic rings. The summed E-state index contributed by atoms with van der Waals surface area (Å²) in [5, 5.41) is 31.3. The van der Waals surface area contributed by atoms with Crippen LogP contribution in [0.5, 0.6) is 0 Å². The van der Waals surface area contributed by atoms with Crippen LogP contribution in [-0.2, 0) is 9.53 Å². The van der Waals surface area contributed by atoms with E-state index in [9.17, 15) is 20.1 Å². The molecule has 0 aliphatic heterocycles. The zero-order valence-corrected chi connectivity index (χ0v) is 23.3. The lowest BCUT2D eigenvalue weighted by Gasteiger charge is -2.45. The Labute approximate surface area is 223 Å². The van der Waals surface area contributed by atoms with Crippen LogP contribution in [0.4, 0.5) is 0 Å². The standard InChI is InChI=1S/C32H48O5/c1-6-18-37-29(36)30(3,4)28(35)13-15-32(16-17-32)27-12-11-25-22(8-7-14-31(25,27)5)9-10-23-19-24(33)20-26(34)21(23)2/h9-10,13,15,24-28,33-35H,2,6-8,11-12,14,16-20H2,1,3-5H3/b15-13+,22-9+,23-10-/t24-,25+,26+,27+,28+,31+/m1/s1. The number of carbonyl (C=O) groups excluding carboxylic acids is 1. The molecule has 0 amide bonds. The molecule has 5 heteroatoms. The molecule has 0 heterocycles. The Bertz CT molecular complexity index is 968. The van der Waals surface area contributed by atoms with E-state index in [-0.39, 0.29) is 16.8 Å². The van der Waals surface area contributed by atoms with Crippen molar-refractivity contribution in [3.05, 3.63) is 47.6 Å². The number of aliphatic hydroxyl groups excluding tert-OH is 3. The molecule has 4 aliphatic rings. The Morgan fingerprint density at radius 2 is 1.95 bits per heavy atom. The fourth-order valence-corrected chi connectivity index (χ4v) is 7.45. The van der Waals surface area contributed by atoms with Crippen LogP contribution in [0.1, 0.15) is 91.9 Å². The Kier molecular flexibility index (Phi) is 8.28. The summed E-state index contributed by atoms with van der Waals surface area (Å²) in [5.41, 5.74) is 2.56. The molecule has 0 aromatic carbocycles. The molecule has 4 saturated carbocycles. The van der Waals surface area contributed by atoms with Gasteiger partial charge in [0, 0.05) is 6.42 Å². The first kappa shape index (κ1) is 28.3. The normalized spacial score (nSPS) is 36.7. The first-order valence-electron chi connectivity index (χ1n) is 14.4. The van der Waals surface area contributed by atoms with E-state index in [2.05, 4.69) is 31.7 Å². The summed E-state index contributed by atoms with van der Waals surface area (Å²) in [6, 6.07) is 0. The van der Waals surface area contributed by atoms with E-state index in [1.54, 1.807) is 13.8 Å². The van der Waals surface area contributed by atoms with Crippen molar-refractivity contribution in [2.75, 3.05) is 6.61 Å². The van der Waals surface area contributed by atoms with Gasteiger partial charge >= 0.3 is 5.97 Å². The molecule has 4 aliphatic carbocycles. The SMILES string of the molecule is C=C1/C(=C\C=C2/CCC[C@]3(C)[C@@H](C4(/C=C/[C@H](O)C(C)(C)C(=O)OCCC)CC4)CC[C@@H]23)C[C@@H](O)C[C@@H]1O. The van der Waals surface area contributed by atoms with E-state index in [1.807, 2.05) is 13.0 Å². The van der Waals surface area contributed by atoms with Crippen molar-refractivity contribution < 1.29 is 24.9 Å². The summed E-state index contributed by atoms with van der Waals surface area (Å²) in [7, 11) is 0. The summed E-state index contributed by atoms with van der Waals surface area (Å²) in [6.45, 7) is 12.4. The minimum Gasteiger partial charge on any atom is -0.465 e. The number of allylic oxidation sites excluding steroid dienone is 4. The fraction of sp³-hybridized carbons (Fsp3) is 0.719. The highest BCUT2D eigenvalue weighted by molar-refractivity contribution is 5.77. The monoisotopic (exact) mass is 512 g/mol. The molecule has 5 nitrogen and oxygen atoms in total. The average molecular weight is 513 g/mol. The molecule has 206 valence electrons. The van der Waals surface area contributed by atoms with Gasteiger partial charge in [-0.25, -0.2) is 0 Å². The molecule has 3 N–H and O–H groups in total. The first-order chi connectivity index (χ1) is 17.4. The van der Waals surface area contributed by atoms with E-state index in [0.717, 1.165) is 36.8 Å². The van der Waals surface area contributed by atoms with Crippen LogP contribution in [0.3, 0.4) is 0 Å². The molecule has 0 unspecified atom stereocenters. The lowest BCUT2D eigenvalue weighted by Crippen LogP contribution is -2.38. The lowest BCUT2D eigenvalue weighted by atomic mass is 9.60. The number of rotatable bonds is 8. The Morgan fingerprint density at radius 3 is 2.62 bits per heavy atom. The largest absolute Gasteiger partial charge is 0.465 e. The maximum absolute atomic E-state index is 12.5. The predicted molar refractivity (Wildman–Crippen MR) is 147 cm³/mol. The molecule has 0 saturated heterocycles. The number of ether oxygens (including phenoxy) is 1. The highest BCUT2D eigenvalue weighted by atomic mass is 16.5. The summed E-state index contributed by atoms with van der Waals surface area (Å²) in [6.07, 6.45) is 16.3. The maximum Gasteiger partial charge on any atom is 0.314 e. The van der Waals surface area contributed by atoms with E-state index in [0.29, 0.717) is 31.3 Å². The number of aliphatic hydroxyl groups is 3. The van der Waals surface area contributed by atoms with Gasteiger partial charge in [0.25, 0.3) is 0 Å². The van der Waals surface area contributed by atoms with Crippen molar-refractivity contribution in [3.8, 4) is 0 Å². The third kappa shape index (κ3) is 5.55. The molecular weight excluding hydrogens is 464 g/mol. The topological polar surface area (TPSA) is 87.0 Å². The minimum absolute atomic E-state index is 0.112. The zero-order valence-electron chi connectivity index (χ0n) is 23.3. The number of fused-ring (bicyclic) bond motifs is 1. The summed E-state index contributed by atoms with van der Waals surface area (Å²) < 4.78 is 5.33. The minimum atomic E-state index is -0.970. The van der Waals surface area contributed by atoms with Gasteiger partial charge < -0.3 is 20.1 Å². The molecule has 37 heavy (non-hydrogen) atoms. The highest BCUT2D eigenvalue weighted by Gasteiger charge is 2.60. The second-order valence-corrected chi connectivity index (χ2v) is 13.0. The van der Waals surface area contributed by atoms with Gasteiger partial charge in [0.05, 0.1) is 30.3 Å². The smallest absolute Gasteiger partial charge is 0.314 e. The van der Waals surface area contributed by atoms with Crippen molar-refractivity contribution in [3.63, 3.8) is 0 Å². The van der Waals surface area contributed by atoms with Gasteiger partial charge in [-0.2, -0.15) is 0 Å². The predicted octanol–water partition coefficient (Wildman–Crippen LogP) is 5.80. The van der Waals surface area contributed by atoms with E-state index >= 15 is 0 Å². The quantitative estimate of drug-likeness (QED) is 0.282. The second-order valence-electron chi connectivity index (χ2n) is 13.0. The van der Waals surface area contributed by atoms with Crippen LogP contribution >= 0.6 is 0 Å². The van der Waals surface area contributed by atoms with Gasteiger partial charge in [0.15, 0.2) is 0 Å². The number of esters is 1. The van der Waals surface area contributed by atoms with Crippen LogP contribution in [0.2, 0.25) is 0 Å². The Morgan fingerprint density at radius 1 is 1.22 bits per heavy atom. The van der Waals surface area contributed by atoms with Crippen molar-refractivity contribution >= 4 is 5.97 Å². The summed E-state index contributed by atoms with van der Waals surface area (Å²) >= 11 is 0. The van der Waals surface area contributed by atoms with Crippen LogP contribution in [0, 0.1) is 28.1 Å². The molecule has 0 aromatic heterocycles. The van der Waals surface area contributed by atoms with Gasteiger partial charge in [0.2, 0.25) is 0 Å².